The standard InChI is InChI=1S/C15H23NO3/c1-15(2,3)14(6-7-17)16-12-9-19-13-8-10(18)4-5-11(12)13/h4-5,8,12,14,16-18H,6-7,9H2,1-3H3. The van der Waals surface area contributed by atoms with E-state index in [9.17, 15) is 10.2 Å². The van der Waals surface area contributed by atoms with Crippen LogP contribution in [0.4, 0.5) is 0 Å². The van der Waals surface area contributed by atoms with Crippen LogP contribution < -0.4 is 10.1 Å². The summed E-state index contributed by atoms with van der Waals surface area (Å²) < 4.78 is 5.60. The Bertz CT molecular complexity index is 440. The molecular weight excluding hydrogens is 242 g/mol. The van der Waals surface area contributed by atoms with Crippen molar-refractivity contribution in [1.29, 1.82) is 0 Å². The molecule has 0 radical (unpaired) electrons. The Morgan fingerprint density at radius 3 is 2.79 bits per heavy atom. The quantitative estimate of drug-likeness (QED) is 0.781. The molecule has 2 unspecified atom stereocenters. The molecule has 0 saturated carbocycles. The van der Waals surface area contributed by atoms with E-state index < -0.39 is 0 Å². The number of phenols is 1. The van der Waals surface area contributed by atoms with Crippen molar-refractivity contribution in [2.24, 2.45) is 5.41 Å². The van der Waals surface area contributed by atoms with Crippen LogP contribution in [0.5, 0.6) is 11.5 Å². The Hall–Kier alpha value is -1.26. The molecule has 3 N–H and O–H groups in total. The van der Waals surface area contributed by atoms with Gasteiger partial charge in [-0.1, -0.05) is 20.8 Å². The molecular formula is C15H23NO3. The van der Waals surface area contributed by atoms with E-state index >= 15 is 0 Å². The minimum absolute atomic E-state index is 0.0718. The van der Waals surface area contributed by atoms with Gasteiger partial charge in [0, 0.05) is 24.3 Å². The van der Waals surface area contributed by atoms with Gasteiger partial charge < -0.3 is 20.3 Å². The van der Waals surface area contributed by atoms with Crippen LogP contribution in [0.25, 0.3) is 0 Å². The first-order valence-electron chi connectivity index (χ1n) is 6.74. The van der Waals surface area contributed by atoms with E-state index in [0.29, 0.717) is 13.0 Å². The number of nitrogens with one attached hydrogen (secondary N) is 1. The summed E-state index contributed by atoms with van der Waals surface area (Å²) in [6.07, 6.45) is 0.716. The number of benzene rings is 1. The predicted octanol–water partition coefficient (Wildman–Crippen LogP) is 2.21. The smallest absolute Gasteiger partial charge is 0.127 e. The van der Waals surface area contributed by atoms with E-state index in [-0.39, 0.29) is 29.9 Å². The second kappa shape index (κ2) is 5.39. The van der Waals surface area contributed by atoms with Gasteiger partial charge in [0.2, 0.25) is 0 Å². The lowest BCUT2D eigenvalue weighted by Gasteiger charge is -2.33. The second-order valence-corrected chi connectivity index (χ2v) is 6.18. The molecule has 0 aliphatic carbocycles. The maximum Gasteiger partial charge on any atom is 0.127 e. The van der Waals surface area contributed by atoms with Gasteiger partial charge in [-0.25, -0.2) is 0 Å². The van der Waals surface area contributed by atoms with Gasteiger partial charge in [-0.3, -0.25) is 0 Å². The van der Waals surface area contributed by atoms with E-state index in [1.165, 1.54) is 0 Å². The van der Waals surface area contributed by atoms with Crippen molar-refractivity contribution in [3.8, 4) is 11.5 Å². The minimum atomic E-state index is 0.0718. The van der Waals surface area contributed by atoms with Crippen LogP contribution in [-0.4, -0.2) is 29.5 Å². The number of aliphatic hydroxyl groups excluding tert-OH is 1. The molecule has 0 spiro atoms. The fourth-order valence-corrected chi connectivity index (χ4v) is 2.48. The highest BCUT2D eigenvalue weighted by Gasteiger charge is 2.31. The number of rotatable bonds is 4. The second-order valence-electron chi connectivity index (χ2n) is 6.18. The first-order valence-corrected chi connectivity index (χ1v) is 6.74. The van der Waals surface area contributed by atoms with Crippen molar-refractivity contribution in [1.82, 2.24) is 5.32 Å². The third-order valence-corrected chi connectivity index (χ3v) is 3.64. The number of aliphatic hydroxyl groups is 1. The zero-order valence-corrected chi connectivity index (χ0v) is 11.8. The van der Waals surface area contributed by atoms with Gasteiger partial charge in [-0.05, 0) is 24.0 Å². The van der Waals surface area contributed by atoms with Gasteiger partial charge in [0.05, 0.1) is 6.04 Å². The molecule has 0 amide bonds. The predicted molar refractivity (Wildman–Crippen MR) is 74.4 cm³/mol. The molecule has 1 aromatic carbocycles. The highest BCUT2D eigenvalue weighted by Crippen LogP contribution is 2.36. The summed E-state index contributed by atoms with van der Waals surface area (Å²) in [5.41, 5.74) is 1.15. The molecule has 1 heterocycles. The molecule has 1 aliphatic rings. The third-order valence-electron chi connectivity index (χ3n) is 3.64. The molecule has 0 aromatic heterocycles. The van der Waals surface area contributed by atoms with Crippen molar-refractivity contribution in [3.05, 3.63) is 23.8 Å². The van der Waals surface area contributed by atoms with E-state index in [1.807, 2.05) is 6.07 Å². The largest absolute Gasteiger partial charge is 0.508 e. The highest BCUT2D eigenvalue weighted by molar-refractivity contribution is 5.44. The molecule has 2 rings (SSSR count). The zero-order valence-electron chi connectivity index (χ0n) is 11.8. The molecule has 0 bridgehead atoms. The SMILES string of the molecule is CC(C)(C)C(CCO)NC1COc2cc(O)ccc21. The first-order chi connectivity index (χ1) is 8.91. The number of phenolic OH excluding ortho intramolecular Hbond substituents is 1. The molecule has 1 aliphatic heterocycles. The van der Waals surface area contributed by atoms with Crippen LogP contribution >= 0.6 is 0 Å². The molecule has 2 atom stereocenters. The average molecular weight is 265 g/mol. The summed E-state index contributed by atoms with van der Waals surface area (Å²) in [6, 6.07) is 5.56. The van der Waals surface area contributed by atoms with Crippen LogP contribution in [0.2, 0.25) is 0 Å². The summed E-state index contributed by atoms with van der Waals surface area (Å²) in [7, 11) is 0. The van der Waals surface area contributed by atoms with Crippen LogP contribution in [0, 0.1) is 5.41 Å². The Balaban J connectivity index is 2.13. The first kappa shape index (κ1) is 14.2. The van der Waals surface area contributed by atoms with Crippen LogP contribution in [0.1, 0.15) is 38.8 Å². The summed E-state index contributed by atoms with van der Waals surface area (Å²) in [5, 5.41) is 22.2. The van der Waals surface area contributed by atoms with Crippen molar-refractivity contribution >= 4 is 0 Å². The van der Waals surface area contributed by atoms with E-state index in [0.717, 1.165) is 11.3 Å². The van der Waals surface area contributed by atoms with Crippen molar-refractivity contribution in [2.75, 3.05) is 13.2 Å². The number of aromatic hydroxyl groups is 1. The Morgan fingerprint density at radius 1 is 1.42 bits per heavy atom. The number of hydrogen-bond donors (Lipinski definition) is 3. The molecule has 4 heteroatoms. The lowest BCUT2D eigenvalue weighted by atomic mass is 9.84. The number of hydrogen-bond acceptors (Lipinski definition) is 4. The number of fused-ring (bicyclic) bond motifs is 1. The molecule has 4 nitrogen and oxygen atoms in total. The zero-order chi connectivity index (χ0) is 14.0. The maximum absolute atomic E-state index is 9.44. The third kappa shape index (κ3) is 3.19. The maximum atomic E-state index is 9.44. The normalized spacial score (nSPS) is 19.9. The van der Waals surface area contributed by atoms with E-state index in [2.05, 4.69) is 26.1 Å². The van der Waals surface area contributed by atoms with Crippen LogP contribution in [0.15, 0.2) is 18.2 Å². The summed E-state index contributed by atoms with van der Waals surface area (Å²) in [4.78, 5) is 0. The summed E-state index contributed by atoms with van der Waals surface area (Å²) in [5.74, 6) is 0.969. The van der Waals surface area contributed by atoms with E-state index in [4.69, 9.17) is 4.74 Å². The molecule has 106 valence electrons. The van der Waals surface area contributed by atoms with Gasteiger partial charge >= 0.3 is 0 Å². The molecule has 0 saturated heterocycles. The summed E-state index contributed by atoms with van der Waals surface area (Å²) in [6.45, 7) is 7.22. The van der Waals surface area contributed by atoms with Gasteiger partial charge in [-0.15, -0.1) is 0 Å². The summed E-state index contributed by atoms with van der Waals surface area (Å²) >= 11 is 0. The lowest BCUT2D eigenvalue weighted by Crippen LogP contribution is -2.43. The topological polar surface area (TPSA) is 61.7 Å². The fraction of sp³-hybridized carbons (Fsp3) is 0.600. The monoisotopic (exact) mass is 265 g/mol. The van der Waals surface area contributed by atoms with Crippen molar-refractivity contribution in [3.63, 3.8) is 0 Å². The van der Waals surface area contributed by atoms with Gasteiger partial charge in [0.25, 0.3) is 0 Å². The van der Waals surface area contributed by atoms with Crippen LogP contribution in [-0.2, 0) is 0 Å². The highest BCUT2D eigenvalue weighted by atomic mass is 16.5. The molecule has 1 aromatic rings. The van der Waals surface area contributed by atoms with E-state index in [1.54, 1.807) is 12.1 Å². The van der Waals surface area contributed by atoms with Gasteiger partial charge in [0.1, 0.15) is 18.1 Å². The van der Waals surface area contributed by atoms with Crippen molar-refractivity contribution < 1.29 is 14.9 Å². The average Bonchev–Trinajstić information content (AvgIpc) is 2.70. The Kier molecular flexibility index (Phi) is 4.02. The fourth-order valence-electron chi connectivity index (χ4n) is 2.48. The Morgan fingerprint density at radius 2 is 2.16 bits per heavy atom. The lowest BCUT2D eigenvalue weighted by molar-refractivity contribution is 0.176. The van der Waals surface area contributed by atoms with Gasteiger partial charge in [-0.2, -0.15) is 0 Å². The van der Waals surface area contributed by atoms with Crippen molar-refractivity contribution in [2.45, 2.75) is 39.3 Å². The minimum Gasteiger partial charge on any atom is -0.508 e. The molecule has 0 fully saturated rings. The van der Waals surface area contributed by atoms with Gasteiger partial charge in [0.15, 0.2) is 0 Å². The number of ether oxygens (including phenoxy) is 1. The Labute approximate surface area is 114 Å². The van der Waals surface area contributed by atoms with Crippen LogP contribution in [0.3, 0.4) is 0 Å². The molecule has 19 heavy (non-hydrogen) atoms.